The van der Waals surface area contributed by atoms with Gasteiger partial charge in [-0.25, -0.2) is 0 Å². The maximum absolute atomic E-state index is 13.2. The number of nitrogens with one attached hydrogen (secondary N) is 1. The second-order valence-electron chi connectivity index (χ2n) is 9.50. The maximum atomic E-state index is 13.2. The quantitative estimate of drug-likeness (QED) is 0.575. The van der Waals surface area contributed by atoms with Gasteiger partial charge in [-0.1, -0.05) is 36.8 Å². The highest BCUT2D eigenvalue weighted by Gasteiger charge is 2.26. The number of hydrogen-bond acceptors (Lipinski definition) is 5. The molecule has 34 heavy (non-hydrogen) atoms. The molecule has 2 amide bonds. The Labute approximate surface area is 202 Å². The largest absolute Gasteiger partial charge is 0.351 e. The van der Waals surface area contributed by atoms with E-state index in [-0.39, 0.29) is 11.8 Å². The van der Waals surface area contributed by atoms with Crippen LogP contribution in [-0.4, -0.2) is 88.7 Å². The molecule has 0 spiro atoms. The Hall–Kier alpha value is -2.71. The van der Waals surface area contributed by atoms with E-state index in [4.69, 9.17) is 0 Å². The number of fused-ring (bicyclic) bond motifs is 1. The highest BCUT2D eigenvalue weighted by Crippen LogP contribution is 2.17. The fourth-order valence-electron chi connectivity index (χ4n) is 4.87. The van der Waals surface area contributed by atoms with Crippen LogP contribution >= 0.6 is 0 Å². The number of rotatable bonds is 9. The van der Waals surface area contributed by atoms with Crippen molar-refractivity contribution in [3.05, 3.63) is 52.8 Å². The zero-order valence-electron chi connectivity index (χ0n) is 20.6. The molecule has 2 aliphatic heterocycles. The number of piperazine rings is 1. The Bertz CT molecular complexity index is 979. The van der Waals surface area contributed by atoms with Crippen LogP contribution in [0, 0.1) is 6.92 Å². The molecule has 0 radical (unpaired) electrons. The lowest BCUT2D eigenvalue weighted by Crippen LogP contribution is -2.47. The van der Waals surface area contributed by atoms with Crippen molar-refractivity contribution in [3.63, 3.8) is 0 Å². The molecule has 184 valence electrons. The molecule has 1 saturated heterocycles. The van der Waals surface area contributed by atoms with Crippen LogP contribution in [0.1, 0.15) is 58.3 Å². The van der Waals surface area contributed by atoms with Gasteiger partial charge < -0.3 is 20.0 Å². The van der Waals surface area contributed by atoms with Crippen molar-refractivity contribution < 1.29 is 9.59 Å². The highest BCUT2D eigenvalue weighted by molar-refractivity contribution is 5.98. The predicted octanol–water partition coefficient (Wildman–Crippen LogP) is 2.39. The van der Waals surface area contributed by atoms with Crippen molar-refractivity contribution in [1.82, 2.24) is 29.8 Å². The summed E-state index contributed by atoms with van der Waals surface area (Å²) in [7, 11) is 0. The summed E-state index contributed by atoms with van der Waals surface area (Å²) in [6.45, 7) is 13.4. The van der Waals surface area contributed by atoms with Crippen LogP contribution in [0.4, 0.5) is 0 Å². The van der Waals surface area contributed by atoms with Crippen molar-refractivity contribution in [2.24, 2.45) is 0 Å². The summed E-state index contributed by atoms with van der Waals surface area (Å²) in [6.07, 6.45) is 2.94. The summed E-state index contributed by atoms with van der Waals surface area (Å²) in [5, 5.41) is 7.44. The molecule has 0 unspecified atom stereocenters. The normalized spacial score (nSPS) is 17.5. The van der Waals surface area contributed by atoms with E-state index in [1.807, 2.05) is 17.0 Å². The van der Waals surface area contributed by atoms with E-state index in [0.29, 0.717) is 37.6 Å². The number of nitrogens with zero attached hydrogens (tertiary/aromatic N) is 5. The van der Waals surface area contributed by atoms with Crippen molar-refractivity contribution in [3.8, 4) is 0 Å². The second-order valence-corrected chi connectivity index (χ2v) is 9.50. The first kappa shape index (κ1) is 24.4. The summed E-state index contributed by atoms with van der Waals surface area (Å²) in [4.78, 5) is 32.7. The smallest absolute Gasteiger partial charge is 0.272 e. The SMILES string of the molecule is CCCN1CCN(CCCNC(=O)c2cc3n(n2)CCCN(Cc2cccc(C)c2)C3=O)CC1. The number of aryl methyl sites for hydroxylation is 2. The molecule has 8 heteroatoms. The molecule has 1 fully saturated rings. The molecule has 1 aromatic carbocycles. The van der Waals surface area contributed by atoms with E-state index >= 15 is 0 Å². The minimum Gasteiger partial charge on any atom is -0.351 e. The second kappa shape index (κ2) is 11.6. The van der Waals surface area contributed by atoms with Crippen molar-refractivity contribution in [2.45, 2.75) is 46.2 Å². The van der Waals surface area contributed by atoms with E-state index in [2.05, 4.69) is 46.2 Å². The van der Waals surface area contributed by atoms with Gasteiger partial charge in [0.25, 0.3) is 11.8 Å². The lowest BCUT2D eigenvalue weighted by molar-refractivity contribution is 0.0745. The molecular weight excluding hydrogens is 428 g/mol. The van der Waals surface area contributed by atoms with Crippen LogP contribution in [0.5, 0.6) is 0 Å². The van der Waals surface area contributed by atoms with Crippen LogP contribution in [-0.2, 0) is 13.1 Å². The molecule has 1 aromatic heterocycles. The van der Waals surface area contributed by atoms with Gasteiger partial charge >= 0.3 is 0 Å². The van der Waals surface area contributed by atoms with Crippen LogP contribution in [0.25, 0.3) is 0 Å². The molecular formula is C26H38N6O2. The van der Waals surface area contributed by atoms with E-state index in [1.54, 1.807) is 10.7 Å². The molecule has 2 aliphatic rings. The van der Waals surface area contributed by atoms with Gasteiger partial charge in [0, 0.05) is 58.4 Å². The lowest BCUT2D eigenvalue weighted by atomic mass is 10.1. The first-order valence-electron chi connectivity index (χ1n) is 12.7. The van der Waals surface area contributed by atoms with E-state index in [9.17, 15) is 9.59 Å². The van der Waals surface area contributed by atoms with Crippen molar-refractivity contribution >= 4 is 11.8 Å². The molecule has 0 atom stereocenters. The third kappa shape index (κ3) is 6.24. The Kier molecular flexibility index (Phi) is 8.34. The third-order valence-electron chi connectivity index (χ3n) is 6.71. The van der Waals surface area contributed by atoms with Gasteiger partial charge in [0.15, 0.2) is 5.69 Å². The summed E-state index contributed by atoms with van der Waals surface area (Å²) >= 11 is 0. The molecule has 0 bridgehead atoms. The summed E-state index contributed by atoms with van der Waals surface area (Å²) in [5.41, 5.74) is 3.13. The molecule has 3 heterocycles. The van der Waals surface area contributed by atoms with Gasteiger partial charge in [-0.15, -0.1) is 0 Å². The van der Waals surface area contributed by atoms with Crippen LogP contribution in [0.15, 0.2) is 30.3 Å². The minimum absolute atomic E-state index is 0.0622. The fourth-order valence-corrected chi connectivity index (χ4v) is 4.87. The molecule has 8 nitrogen and oxygen atoms in total. The standard InChI is InChI=1S/C26H38N6O2/c1-3-10-29-14-16-30(17-15-29)11-5-9-27-25(33)23-19-24-26(34)31(12-6-13-32(24)28-23)20-22-8-4-7-21(2)18-22/h4,7-8,18-19H,3,5-6,9-17,20H2,1-2H3,(H,27,33). The zero-order chi connectivity index (χ0) is 23.9. The molecule has 0 saturated carbocycles. The fraction of sp³-hybridized carbons (Fsp3) is 0.577. The average molecular weight is 467 g/mol. The van der Waals surface area contributed by atoms with Crippen LogP contribution < -0.4 is 5.32 Å². The van der Waals surface area contributed by atoms with E-state index < -0.39 is 0 Å². The first-order valence-corrected chi connectivity index (χ1v) is 12.7. The molecule has 2 aromatic rings. The predicted molar refractivity (Wildman–Crippen MR) is 133 cm³/mol. The molecule has 1 N–H and O–H groups in total. The van der Waals surface area contributed by atoms with Gasteiger partial charge in [0.2, 0.25) is 0 Å². The Morgan fingerprint density at radius 2 is 1.79 bits per heavy atom. The summed E-state index contributed by atoms with van der Waals surface area (Å²) < 4.78 is 1.70. The molecule has 0 aliphatic carbocycles. The number of carbonyl (C=O) groups is 2. The molecule has 4 rings (SSSR count). The summed E-state index contributed by atoms with van der Waals surface area (Å²) in [5.74, 6) is -0.265. The van der Waals surface area contributed by atoms with Crippen molar-refractivity contribution in [1.29, 1.82) is 0 Å². The number of hydrogen-bond donors (Lipinski definition) is 1. The average Bonchev–Trinajstić information content (AvgIpc) is 3.20. The van der Waals surface area contributed by atoms with Crippen LogP contribution in [0.2, 0.25) is 0 Å². The Morgan fingerprint density at radius 3 is 2.53 bits per heavy atom. The Morgan fingerprint density at radius 1 is 1.03 bits per heavy atom. The minimum atomic E-state index is -0.202. The zero-order valence-corrected chi connectivity index (χ0v) is 20.6. The number of aromatic nitrogens is 2. The third-order valence-corrected chi connectivity index (χ3v) is 6.71. The highest BCUT2D eigenvalue weighted by atomic mass is 16.2. The summed E-state index contributed by atoms with van der Waals surface area (Å²) in [6, 6.07) is 9.89. The van der Waals surface area contributed by atoms with E-state index in [1.165, 1.54) is 18.5 Å². The van der Waals surface area contributed by atoms with Gasteiger partial charge in [-0.2, -0.15) is 5.10 Å². The number of benzene rings is 1. The lowest BCUT2D eigenvalue weighted by Gasteiger charge is -2.34. The van der Waals surface area contributed by atoms with Gasteiger partial charge in [0.05, 0.1) is 0 Å². The van der Waals surface area contributed by atoms with E-state index in [0.717, 1.165) is 51.1 Å². The van der Waals surface area contributed by atoms with Gasteiger partial charge in [-0.3, -0.25) is 14.3 Å². The number of amides is 2. The van der Waals surface area contributed by atoms with Crippen LogP contribution in [0.3, 0.4) is 0 Å². The Balaban J connectivity index is 1.27. The topological polar surface area (TPSA) is 73.7 Å². The monoisotopic (exact) mass is 466 g/mol. The number of carbonyl (C=O) groups excluding carboxylic acids is 2. The van der Waals surface area contributed by atoms with Gasteiger partial charge in [-0.05, 0) is 44.8 Å². The van der Waals surface area contributed by atoms with Crippen molar-refractivity contribution in [2.75, 3.05) is 52.4 Å². The first-order chi connectivity index (χ1) is 16.5. The van der Waals surface area contributed by atoms with Gasteiger partial charge in [0.1, 0.15) is 5.69 Å². The maximum Gasteiger partial charge on any atom is 0.272 e.